The highest BCUT2D eigenvalue weighted by Gasteiger charge is 2.03. The van der Waals surface area contributed by atoms with Crippen LogP contribution in [0.4, 0.5) is 5.69 Å². The Morgan fingerprint density at radius 1 is 1.16 bits per heavy atom. The van der Waals surface area contributed by atoms with Crippen LogP contribution in [0.15, 0.2) is 23.2 Å². The third-order valence-corrected chi connectivity index (χ3v) is 2.32. The minimum absolute atomic E-state index is 0.437. The number of nitrogens with zero attached hydrogens (tertiary/aromatic N) is 1. The summed E-state index contributed by atoms with van der Waals surface area (Å²) in [4.78, 5) is 4.20. The molecule has 0 aliphatic heterocycles. The maximum absolute atomic E-state index is 5.40. The number of aliphatic imine (C=N–C) groups is 1. The Kier molecular flexibility index (Phi) is 6.48. The zero-order chi connectivity index (χ0) is 14.1. The third-order valence-electron chi connectivity index (χ3n) is 2.32. The molecule has 0 spiro atoms. The molecule has 106 valence electrons. The number of rotatable bonds is 6. The summed E-state index contributed by atoms with van der Waals surface area (Å²) in [5.74, 6) is 7.19. The zero-order valence-corrected chi connectivity index (χ0v) is 11.4. The van der Waals surface area contributed by atoms with Gasteiger partial charge in [-0.1, -0.05) is 0 Å². The summed E-state index contributed by atoms with van der Waals surface area (Å²) in [6.45, 7) is 1.03. The molecule has 0 aliphatic carbocycles. The first-order valence-corrected chi connectivity index (χ1v) is 5.73. The molecule has 0 fully saturated rings. The molecule has 0 saturated carbocycles. The van der Waals surface area contributed by atoms with Gasteiger partial charge in [-0.05, 0) is 0 Å². The zero-order valence-electron chi connectivity index (χ0n) is 11.4. The van der Waals surface area contributed by atoms with Crippen molar-refractivity contribution in [2.24, 2.45) is 10.8 Å². The summed E-state index contributed by atoms with van der Waals surface area (Å²) < 4.78 is 15.3. The summed E-state index contributed by atoms with van der Waals surface area (Å²) in [6.07, 6.45) is 0. The second-order valence-electron chi connectivity index (χ2n) is 3.59. The van der Waals surface area contributed by atoms with Crippen molar-refractivity contribution in [2.75, 3.05) is 39.8 Å². The minimum atomic E-state index is 0.437. The fraction of sp³-hybridized carbons (Fsp3) is 0.417. The summed E-state index contributed by atoms with van der Waals surface area (Å²) in [5.41, 5.74) is 3.24. The Morgan fingerprint density at radius 3 is 2.26 bits per heavy atom. The highest BCUT2D eigenvalue weighted by Crippen LogP contribution is 2.25. The van der Waals surface area contributed by atoms with E-state index >= 15 is 0 Å². The number of anilines is 1. The number of ether oxygens (including phenoxy) is 3. The molecule has 0 amide bonds. The van der Waals surface area contributed by atoms with Crippen molar-refractivity contribution in [3.63, 3.8) is 0 Å². The van der Waals surface area contributed by atoms with Gasteiger partial charge in [0.15, 0.2) is 0 Å². The van der Waals surface area contributed by atoms with Crippen LogP contribution in [0.25, 0.3) is 0 Å². The molecule has 19 heavy (non-hydrogen) atoms. The Labute approximate surface area is 112 Å². The van der Waals surface area contributed by atoms with Crippen LogP contribution < -0.4 is 26.1 Å². The van der Waals surface area contributed by atoms with E-state index in [0.29, 0.717) is 30.6 Å². The lowest BCUT2D eigenvalue weighted by Crippen LogP contribution is -2.36. The summed E-state index contributed by atoms with van der Waals surface area (Å²) in [6, 6.07) is 5.40. The summed E-state index contributed by atoms with van der Waals surface area (Å²) >= 11 is 0. The smallest absolute Gasteiger partial charge is 0.210 e. The average molecular weight is 268 g/mol. The van der Waals surface area contributed by atoms with Crippen LogP contribution in [-0.2, 0) is 4.74 Å². The van der Waals surface area contributed by atoms with E-state index in [2.05, 4.69) is 15.7 Å². The molecule has 7 nitrogen and oxygen atoms in total. The van der Waals surface area contributed by atoms with E-state index in [1.165, 1.54) is 0 Å². The summed E-state index contributed by atoms with van der Waals surface area (Å²) in [5, 5.41) is 3.04. The van der Waals surface area contributed by atoms with Crippen molar-refractivity contribution in [1.29, 1.82) is 0 Å². The third kappa shape index (κ3) is 5.02. The molecule has 0 aliphatic rings. The van der Waals surface area contributed by atoms with Gasteiger partial charge in [-0.15, -0.1) is 0 Å². The van der Waals surface area contributed by atoms with Crippen LogP contribution in [0, 0.1) is 0 Å². The number of guanidine groups is 1. The number of hydrogen-bond acceptors (Lipinski definition) is 5. The highest BCUT2D eigenvalue weighted by atomic mass is 16.5. The molecule has 0 bridgehead atoms. The molecule has 0 unspecified atom stereocenters. The number of hydrogen-bond donors (Lipinski definition) is 3. The van der Waals surface area contributed by atoms with Gasteiger partial charge < -0.3 is 19.5 Å². The van der Waals surface area contributed by atoms with Crippen LogP contribution >= 0.6 is 0 Å². The van der Waals surface area contributed by atoms with E-state index in [1.807, 2.05) is 12.1 Å². The lowest BCUT2D eigenvalue weighted by molar-refractivity contribution is 0.208. The molecule has 7 heteroatoms. The monoisotopic (exact) mass is 268 g/mol. The fourth-order valence-corrected chi connectivity index (χ4v) is 1.39. The van der Waals surface area contributed by atoms with Crippen LogP contribution in [0.3, 0.4) is 0 Å². The Morgan fingerprint density at radius 2 is 1.79 bits per heavy atom. The first-order valence-electron chi connectivity index (χ1n) is 5.73. The van der Waals surface area contributed by atoms with E-state index in [4.69, 9.17) is 20.1 Å². The molecule has 0 aromatic heterocycles. The predicted molar refractivity (Wildman–Crippen MR) is 74.7 cm³/mol. The second-order valence-corrected chi connectivity index (χ2v) is 3.59. The molecule has 1 aromatic carbocycles. The van der Waals surface area contributed by atoms with E-state index in [1.54, 1.807) is 27.4 Å². The van der Waals surface area contributed by atoms with Gasteiger partial charge in [-0.2, -0.15) is 0 Å². The number of methoxy groups -OCH3 is 3. The molecular formula is C12H20N4O3. The second kappa shape index (κ2) is 8.17. The van der Waals surface area contributed by atoms with Gasteiger partial charge in [0, 0.05) is 31.0 Å². The van der Waals surface area contributed by atoms with Gasteiger partial charge in [0.1, 0.15) is 11.5 Å². The average Bonchev–Trinajstić information content (AvgIpc) is 2.45. The lowest BCUT2D eigenvalue weighted by atomic mass is 10.3. The van der Waals surface area contributed by atoms with Crippen LogP contribution in [0.5, 0.6) is 11.5 Å². The molecule has 0 atom stereocenters. The van der Waals surface area contributed by atoms with Gasteiger partial charge in [0.2, 0.25) is 5.96 Å². The van der Waals surface area contributed by atoms with Crippen molar-refractivity contribution in [3.05, 3.63) is 18.2 Å². The van der Waals surface area contributed by atoms with Gasteiger partial charge in [-0.3, -0.25) is 5.43 Å². The molecule has 0 saturated heterocycles. The standard InChI is InChI=1S/C12H20N4O3/c1-17-5-4-14-12(16-13)15-9-6-10(18-2)8-11(7-9)19-3/h6-8H,4-5,13H2,1-3H3,(H2,14,15,16). The van der Waals surface area contributed by atoms with E-state index in [9.17, 15) is 0 Å². The van der Waals surface area contributed by atoms with Crippen molar-refractivity contribution >= 4 is 11.6 Å². The van der Waals surface area contributed by atoms with E-state index in [0.717, 1.165) is 5.69 Å². The topological polar surface area (TPSA) is 90.1 Å². The van der Waals surface area contributed by atoms with E-state index in [-0.39, 0.29) is 0 Å². The Bertz CT molecular complexity index is 401. The highest BCUT2D eigenvalue weighted by molar-refractivity contribution is 5.93. The maximum Gasteiger partial charge on any atom is 0.210 e. The molecule has 1 rings (SSSR count). The van der Waals surface area contributed by atoms with Crippen LogP contribution in [0.1, 0.15) is 0 Å². The quantitative estimate of drug-likeness (QED) is 0.230. The normalized spacial score (nSPS) is 11.1. The van der Waals surface area contributed by atoms with Gasteiger partial charge >= 0.3 is 0 Å². The molecular weight excluding hydrogens is 248 g/mol. The number of benzene rings is 1. The van der Waals surface area contributed by atoms with Crippen molar-refractivity contribution in [3.8, 4) is 11.5 Å². The lowest BCUT2D eigenvalue weighted by Gasteiger charge is -2.12. The Balaban J connectivity index is 2.81. The number of nitrogens with one attached hydrogen (secondary N) is 2. The SMILES string of the molecule is COCCN=C(NN)Nc1cc(OC)cc(OC)c1. The van der Waals surface area contributed by atoms with E-state index < -0.39 is 0 Å². The van der Waals surface area contributed by atoms with Crippen molar-refractivity contribution in [2.45, 2.75) is 0 Å². The minimum Gasteiger partial charge on any atom is -0.497 e. The van der Waals surface area contributed by atoms with Crippen LogP contribution in [0.2, 0.25) is 0 Å². The van der Waals surface area contributed by atoms with Crippen molar-refractivity contribution < 1.29 is 14.2 Å². The fourth-order valence-electron chi connectivity index (χ4n) is 1.39. The van der Waals surface area contributed by atoms with Crippen LogP contribution in [-0.4, -0.2) is 40.4 Å². The number of hydrazine groups is 1. The Hall–Kier alpha value is -1.99. The first kappa shape index (κ1) is 15.1. The molecule has 1 aromatic rings. The van der Waals surface area contributed by atoms with Crippen molar-refractivity contribution in [1.82, 2.24) is 5.43 Å². The maximum atomic E-state index is 5.40. The number of nitrogens with two attached hydrogens (primary N) is 1. The van der Waals surface area contributed by atoms with Gasteiger partial charge in [0.05, 0.1) is 27.4 Å². The molecule has 0 radical (unpaired) electrons. The molecule has 0 heterocycles. The predicted octanol–water partition coefficient (Wildman–Crippen LogP) is 0.581. The van der Waals surface area contributed by atoms with Gasteiger partial charge in [-0.25, -0.2) is 10.8 Å². The largest absolute Gasteiger partial charge is 0.497 e. The summed E-state index contributed by atoms with van der Waals surface area (Å²) in [7, 11) is 4.80. The molecule has 4 N–H and O–H groups in total. The first-order chi connectivity index (χ1) is 9.23. The van der Waals surface area contributed by atoms with Gasteiger partial charge in [0.25, 0.3) is 0 Å².